The second kappa shape index (κ2) is 9.06. The van der Waals surface area contributed by atoms with Crippen LogP contribution in [0.25, 0.3) is 21.6 Å². The first-order valence-electron chi connectivity index (χ1n) is 12.5. The van der Waals surface area contributed by atoms with Crippen LogP contribution in [0.15, 0.2) is 60.3 Å². The molecule has 0 radical (unpaired) electrons. The third-order valence-electron chi connectivity index (χ3n) is 7.19. The number of aryl methyl sites for hydroxylation is 4. The number of aliphatic hydroxyl groups is 1. The van der Waals surface area contributed by atoms with Crippen LogP contribution in [0.2, 0.25) is 0 Å². The van der Waals surface area contributed by atoms with Gasteiger partial charge in [-0.1, -0.05) is 35.6 Å². The predicted octanol–water partition coefficient (Wildman–Crippen LogP) is 5.81. The maximum absolute atomic E-state index is 13.7. The summed E-state index contributed by atoms with van der Waals surface area (Å²) >= 11 is 1.34. The van der Waals surface area contributed by atoms with E-state index in [4.69, 9.17) is 9.72 Å². The van der Waals surface area contributed by atoms with Crippen molar-refractivity contribution in [1.82, 2.24) is 14.4 Å². The van der Waals surface area contributed by atoms with Gasteiger partial charge < -0.3 is 14.2 Å². The SMILES string of the molecule is COc1cccc(C2C(=C(O)c3nc4c(C)cccn4c3C)C(=O)C(=O)N2c2nc3c(C)cc(C)cc3s2)c1. The number of anilines is 1. The van der Waals surface area contributed by atoms with Crippen LogP contribution in [0.3, 0.4) is 0 Å². The third kappa shape index (κ3) is 3.80. The second-order valence-corrected chi connectivity index (χ2v) is 10.8. The first-order valence-corrected chi connectivity index (χ1v) is 13.3. The van der Waals surface area contributed by atoms with Crippen LogP contribution in [0.4, 0.5) is 5.13 Å². The molecule has 1 aliphatic rings. The Balaban J connectivity index is 1.61. The molecular weight excluding hydrogens is 512 g/mol. The van der Waals surface area contributed by atoms with Gasteiger partial charge in [-0.3, -0.25) is 14.5 Å². The number of nitrogens with zero attached hydrogens (tertiary/aromatic N) is 4. The quantitative estimate of drug-likeness (QED) is 0.176. The van der Waals surface area contributed by atoms with E-state index >= 15 is 0 Å². The van der Waals surface area contributed by atoms with Gasteiger partial charge >= 0.3 is 5.91 Å². The van der Waals surface area contributed by atoms with Crippen LogP contribution in [0.1, 0.15) is 39.7 Å². The van der Waals surface area contributed by atoms with Gasteiger partial charge in [0.2, 0.25) is 0 Å². The molecule has 5 aromatic rings. The van der Waals surface area contributed by atoms with Gasteiger partial charge in [-0.25, -0.2) is 9.97 Å². The predicted molar refractivity (Wildman–Crippen MR) is 152 cm³/mol. The number of carbonyl (C=O) groups excluding carboxylic acids is 2. The summed E-state index contributed by atoms with van der Waals surface area (Å²) in [7, 11) is 1.55. The molecule has 9 heteroatoms. The number of benzene rings is 2. The molecule has 1 unspecified atom stereocenters. The monoisotopic (exact) mass is 538 g/mol. The van der Waals surface area contributed by atoms with Crippen LogP contribution < -0.4 is 9.64 Å². The minimum atomic E-state index is -0.924. The van der Waals surface area contributed by atoms with E-state index in [0.717, 1.165) is 26.9 Å². The molecule has 1 fully saturated rings. The van der Waals surface area contributed by atoms with Gasteiger partial charge in [0.25, 0.3) is 5.78 Å². The van der Waals surface area contributed by atoms with E-state index in [1.807, 2.05) is 68.6 Å². The Morgan fingerprint density at radius 2 is 1.79 bits per heavy atom. The van der Waals surface area contributed by atoms with E-state index in [0.29, 0.717) is 27.8 Å². The summed E-state index contributed by atoms with van der Waals surface area (Å²) in [5.41, 5.74) is 5.92. The highest BCUT2D eigenvalue weighted by molar-refractivity contribution is 7.22. The van der Waals surface area contributed by atoms with Crippen LogP contribution >= 0.6 is 11.3 Å². The molecule has 196 valence electrons. The number of aliphatic hydroxyl groups excluding tert-OH is 1. The number of hydrogen-bond donors (Lipinski definition) is 1. The van der Waals surface area contributed by atoms with Gasteiger partial charge in [0.05, 0.1) is 34.6 Å². The fourth-order valence-electron chi connectivity index (χ4n) is 5.29. The number of thiazole rings is 1. The Kier molecular flexibility index (Phi) is 5.76. The summed E-state index contributed by atoms with van der Waals surface area (Å²) in [5.74, 6) is -1.30. The van der Waals surface area contributed by atoms with E-state index in [2.05, 4.69) is 4.98 Å². The topological polar surface area (TPSA) is 97.0 Å². The van der Waals surface area contributed by atoms with Gasteiger partial charge in [0, 0.05) is 6.20 Å². The molecule has 1 saturated heterocycles. The van der Waals surface area contributed by atoms with Crippen molar-refractivity contribution in [2.24, 2.45) is 0 Å². The summed E-state index contributed by atoms with van der Waals surface area (Å²) in [6.07, 6.45) is 1.85. The normalized spacial score (nSPS) is 17.1. The molecule has 3 aromatic heterocycles. The minimum Gasteiger partial charge on any atom is -0.505 e. The largest absolute Gasteiger partial charge is 0.505 e. The Morgan fingerprint density at radius 1 is 1.00 bits per heavy atom. The number of carbonyl (C=O) groups is 2. The van der Waals surface area contributed by atoms with Crippen LogP contribution in [-0.2, 0) is 9.59 Å². The van der Waals surface area contributed by atoms with E-state index in [1.165, 1.54) is 16.2 Å². The van der Waals surface area contributed by atoms with Crippen molar-refractivity contribution in [2.75, 3.05) is 12.0 Å². The Hall–Kier alpha value is -4.50. The van der Waals surface area contributed by atoms with Crippen molar-refractivity contribution in [3.63, 3.8) is 0 Å². The van der Waals surface area contributed by atoms with Crippen molar-refractivity contribution in [3.05, 3.63) is 93.9 Å². The zero-order valence-electron chi connectivity index (χ0n) is 22.1. The van der Waals surface area contributed by atoms with E-state index < -0.39 is 17.7 Å². The lowest BCUT2D eigenvalue weighted by atomic mass is 9.96. The number of imidazole rings is 1. The summed E-state index contributed by atoms with van der Waals surface area (Å²) in [6, 6.07) is 14.1. The van der Waals surface area contributed by atoms with Crippen LogP contribution in [0.5, 0.6) is 5.75 Å². The zero-order chi connectivity index (χ0) is 27.6. The highest BCUT2D eigenvalue weighted by Crippen LogP contribution is 2.45. The first kappa shape index (κ1) is 24.8. The maximum atomic E-state index is 13.7. The highest BCUT2D eigenvalue weighted by Gasteiger charge is 2.48. The zero-order valence-corrected chi connectivity index (χ0v) is 23.0. The molecule has 1 atom stereocenters. The fraction of sp³-hybridized carbons (Fsp3) is 0.200. The lowest BCUT2D eigenvalue weighted by Gasteiger charge is -2.23. The molecule has 0 bridgehead atoms. The van der Waals surface area contributed by atoms with Crippen LogP contribution in [-0.4, -0.2) is 38.3 Å². The van der Waals surface area contributed by atoms with Gasteiger partial charge in [0.1, 0.15) is 17.1 Å². The number of ether oxygens (including phenoxy) is 1. The number of rotatable bonds is 4. The molecule has 4 heterocycles. The Bertz CT molecular complexity index is 1870. The van der Waals surface area contributed by atoms with Gasteiger partial charge in [-0.05, 0) is 74.2 Å². The van der Waals surface area contributed by atoms with Crippen molar-refractivity contribution in [1.29, 1.82) is 0 Å². The number of pyridine rings is 1. The number of fused-ring (bicyclic) bond motifs is 2. The molecule has 0 spiro atoms. The molecule has 1 amide bonds. The average Bonchev–Trinajstić information content (AvgIpc) is 3.57. The smallest absolute Gasteiger partial charge is 0.301 e. The number of methoxy groups -OCH3 is 1. The summed E-state index contributed by atoms with van der Waals surface area (Å²) in [6.45, 7) is 7.73. The first-order chi connectivity index (χ1) is 18.7. The molecule has 0 aliphatic carbocycles. The van der Waals surface area contributed by atoms with Crippen molar-refractivity contribution < 1.29 is 19.4 Å². The second-order valence-electron chi connectivity index (χ2n) is 9.80. The summed E-state index contributed by atoms with van der Waals surface area (Å²) in [5, 5.41) is 12.1. The lowest BCUT2D eigenvalue weighted by Crippen LogP contribution is -2.29. The average molecular weight is 539 g/mol. The number of Topliss-reactive ketones (excluding diaryl/α,β-unsaturated/α-hetero) is 1. The van der Waals surface area contributed by atoms with Crippen molar-refractivity contribution in [2.45, 2.75) is 33.7 Å². The molecule has 39 heavy (non-hydrogen) atoms. The van der Waals surface area contributed by atoms with E-state index in [9.17, 15) is 14.7 Å². The third-order valence-corrected chi connectivity index (χ3v) is 8.19. The molecule has 6 rings (SSSR count). The number of amides is 1. The number of hydrogen-bond acceptors (Lipinski definition) is 7. The molecule has 0 saturated carbocycles. The summed E-state index contributed by atoms with van der Waals surface area (Å²) < 4.78 is 8.22. The molecular formula is C30H26N4O4S. The molecule has 1 aliphatic heterocycles. The Morgan fingerprint density at radius 3 is 2.54 bits per heavy atom. The summed E-state index contributed by atoms with van der Waals surface area (Å²) in [4.78, 5) is 38.2. The van der Waals surface area contributed by atoms with Crippen molar-refractivity contribution in [3.8, 4) is 5.75 Å². The fourth-order valence-corrected chi connectivity index (χ4v) is 6.46. The minimum absolute atomic E-state index is 0.0374. The van der Waals surface area contributed by atoms with Crippen molar-refractivity contribution >= 4 is 49.8 Å². The molecule has 2 aromatic carbocycles. The van der Waals surface area contributed by atoms with Gasteiger partial charge in [0.15, 0.2) is 10.9 Å². The maximum Gasteiger partial charge on any atom is 0.301 e. The van der Waals surface area contributed by atoms with Gasteiger partial charge in [-0.2, -0.15) is 0 Å². The molecule has 8 nitrogen and oxygen atoms in total. The van der Waals surface area contributed by atoms with E-state index in [-0.39, 0.29) is 17.0 Å². The van der Waals surface area contributed by atoms with E-state index in [1.54, 1.807) is 25.3 Å². The van der Waals surface area contributed by atoms with Gasteiger partial charge in [-0.15, -0.1) is 0 Å². The lowest BCUT2D eigenvalue weighted by molar-refractivity contribution is -0.132. The molecule has 1 N–H and O–H groups in total. The van der Waals surface area contributed by atoms with Crippen LogP contribution in [0, 0.1) is 27.7 Å². The number of aromatic nitrogens is 3. The number of ketones is 1. The highest BCUT2D eigenvalue weighted by atomic mass is 32.1. The standard InChI is InChI=1S/C30H26N4O4S/c1-15-12-17(3)23-21(13-15)39-30(32-23)34-25(19-9-6-10-20(14-19)38-5)22(27(36)29(34)37)26(35)24-18(4)33-11-7-8-16(2)28(33)31-24/h6-14,25,35H,1-5H3. The Labute approximate surface area is 228 Å².